The highest BCUT2D eigenvalue weighted by Gasteiger charge is 2.05. The summed E-state index contributed by atoms with van der Waals surface area (Å²) in [5.41, 5.74) is 7.18. The fourth-order valence-corrected chi connectivity index (χ4v) is 1.27. The second kappa shape index (κ2) is 4.23. The van der Waals surface area contributed by atoms with Crippen molar-refractivity contribution < 1.29 is 9.50 Å². The van der Waals surface area contributed by atoms with Crippen molar-refractivity contribution in [1.82, 2.24) is 0 Å². The molecule has 0 aromatic heterocycles. The number of aromatic hydroxyl groups is 1. The van der Waals surface area contributed by atoms with E-state index in [1.807, 2.05) is 6.92 Å². The fraction of sp³-hybridized carbons (Fsp3) is 0.400. The predicted octanol–water partition coefficient (Wildman–Crippen LogP) is 1.73. The summed E-state index contributed by atoms with van der Waals surface area (Å²) in [6.07, 6.45) is 1.60. The maximum Gasteiger partial charge on any atom is 0.165 e. The third-order valence-electron chi connectivity index (χ3n) is 2.06. The van der Waals surface area contributed by atoms with Gasteiger partial charge in [0.05, 0.1) is 0 Å². The molecule has 0 spiro atoms. The molecule has 3 N–H and O–H groups in total. The number of nitrogens with two attached hydrogens (primary N) is 1. The molecular formula is C10H14FNO. The Bertz CT molecular complexity index is 299. The van der Waals surface area contributed by atoms with Crippen LogP contribution in [-0.2, 0) is 6.42 Å². The molecule has 1 aromatic rings. The van der Waals surface area contributed by atoms with Crippen LogP contribution in [0.3, 0.4) is 0 Å². The van der Waals surface area contributed by atoms with Crippen molar-refractivity contribution in [2.24, 2.45) is 5.73 Å². The van der Waals surface area contributed by atoms with Gasteiger partial charge in [0.1, 0.15) is 0 Å². The molecule has 0 heterocycles. The zero-order chi connectivity index (χ0) is 9.84. The molecule has 2 nitrogen and oxygen atoms in total. The molecule has 72 valence electrons. The Labute approximate surface area is 77.2 Å². The summed E-state index contributed by atoms with van der Waals surface area (Å²) in [5, 5.41) is 9.05. The number of phenols is 1. The van der Waals surface area contributed by atoms with Crippen LogP contribution in [0.15, 0.2) is 12.1 Å². The van der Waals surface area contributed by atoms with E-state index in [4.69, 9.17) is 10.8 Å². The first kappa shape index (κ1) is 9.99. The van der Waals surface area contributed by atoms with Gasteiger partial charge in [-0.05, 0) is 49.6 Å². The van der Waals surface area contributed by atoms with Gasteiger partial charge < -0.3 is 10.8 Å². The number of hydrogen-bond acceptors (Lipinski definition) is 2. The van der Waals surface area contributed by atoms with E-state index in [9.17, 15) is 4.39 Å². The summed E-state index contributed by atoms with van der Waals surface area (Å²) in [5.74, 6) is -0.841. The topological polar surface area (TPSA) is 46.2 Å². The van der Waals surface area contributed by atoms with Crippen molar-refractivity contribution in [2.75, 3.05) is 6.54 Å². The molecule has 1 aromatic carbocycles. The second-order valence-corrected chi connectivity index (χ2v) is 3.12. The molecule has 0 bridgehead atoms. The minimum atomic E-state index is -0.558. The van der Waals surface area contributed by atoms with Crippen LogP contribution in [0.2, 0.25) is 0 Å². The van der Waals surface area contributed by atoms with Crippen LogP contribution in [0.5, 0.6) is 5.75 Å². The maximum absolute atomic E-state index is 12.9. The summed E-state index contributed by atoms with van der Waals surface area (Å²) in [6.45, 7) is 2.45. The van der Waals surface area contributed by atoms with Crippen molar-refractivity contribution in [2.45, 2.75) is 19.8 Å². The molecule has 0 aliphatic carbocycles. The number of hydrogen-bond donors (Lipinski definition) is 2. The van der Waals surface area contributed by atoms with Crippen molar-refractivity contribution in [3.63, 3.8) is 0 Å². The Morgan fingerprint density at radius 3 is 2.77 bits per heavy atom. The zero-order valence-electron chi connectivity index (χ0n) is 7.68. The molecule has 0 aliphatic heterocycles. The van der Waals surface area contributed by atoms with Crippen LogP contribution in [-0.4, -0.2) is 11.7 Å². The second-order valence-electron chi connectivity index (χ2n) is 3.12. The molecule has 0 unspecified atom stereocenters. The van der Waals surface area contributed by atoms with Crippen LogP contribution in [0.25, 0.3) is 0 Å². The first-order valence-electron chi connectivity index (χ1n) is 4.33. The largest absolute Gasteiger partial charge is 0.505 e. The van der Waals surface area contributed by atoms with Crippen LogP contribution < -0.4 is 5.73 Å². The molecule has 1 rings (SSSR count). The lowest BCUT2D eigenvalue weighted by Gasteiger charge is -2.06. The van der Waals surface area contributed by atoms with E-state index < -0.39 is 5.82 Å². The first-order chi connectivity index (χ1) is 6.15. The molecule has 0 radical (unpaired) electrons. The summed E-state index contributed by atoms with van der Waals surface area (Å²) >= 11 is 0. The van der Waals surface area contributed by atoms with E-state index in [0.29, 0.717) is 6.54 Å². The van der Waals surface area contributed by atoms with Crippen LogP contribution in [0, 0.1) is 12.7 Å². The lowest BCUT2D eigenvalue weighted by atomic mass is 10.0. The maximum atomic E-state index is 12.9. The average Bonchev–Trinajstić information content (AvgIpc) is 2.09. The summed E-state index contributed by atoms with van der Waals surface area (Å²) in [7, 11) is 0. The number of halogens is 1. The van der Waals surface area contributed by atoms with Gasteiger partial charge in [0.15, 0.2) is 11.6 Å². The normalized spacial score (nSPS) is 10.4. The zero-order valence-corrected chi connectivity index (χ0v) is 7.68. The average molecular weight is 183 g/mol. The van der Waals surface area contributed by atoms with Gasteiger partial charge in [-0.1, -0.05) is 0 Å². The van der Waals surface area contributed by atoms with Crippen molar-refractivity contribution >= 4 is 0 Å². The standard InChI is InChI=1S/C10H14FNO/c1-7-5-10(13)9(11)6-8(7)3-2-4-12/h5-6,13H,2-4,12H2,1H3. The highest BCUT2D eigenvalue weighted by Crippen LogP contribution is 2.21. The van der Waals surface area contributed by atoms with Gasteiger partial charge in [0, 0.05) is 0 Å². The van der Waals surface area contributed by atoms with E-state index in [2.05, 4.69) is 0 Å². The van der Waals surface area contributed by atoms with Crippen LogP contribution >= 0.6 is 0 Å². The van der Waals surface area contributed by atoms with Crippen molar-refractivity contribution in [3.05, 3.63) is 29.1 Å². The molecule has 13 heavy (non-hydrogen) atoms. The van der Waals surface area contributed by atoms with E-state index >= 15 is 0 Å². The molecule has 0 atom stereocenters. The molecule has 0 fully saturated rings. The van der Waals surface area contributed by atoms with Gasteiger partial charge >= 0.3 is 0 Å². The Morgan fingerprint density at radius 2 is 2.15 bits per heavy atom. The lowest BCUT2D eigenvalue weighted by molar-refractivity contribution is 0.431. The van der Waals surface area contributed by atoms with Crippen LogP contribution in [0.4, 0.5) is 4.39 Å². The first-order valence-corrected chi connectivity index (χ1v) is 4.33. The Hall–Kier alpha value is -1.09. The van der Waals surface area contributed by atoms with Gasteiger partial charge in [-0.3, -0.25) is 0 Å². The fourth-order valence-electron chi connectivity index (χ4n) is 1.27. The van der Waals surface area contributed by atoms with Crippen molar-refractivity contribution in [1.29, 1.82) is 0 Å². The minimum Gasteiger partial charge on any atom is -0.505 e. The molecule has 0 aliphatic rings. The van der Waals surface area contributed by atoms with E-state index in [-0.39, 0.29) is 5.75 Å². The SMILES string of the molecule is Cc1cc(O)c(F)cc1CCCN. The molecule has 0 saturated heterocycles. The monoisotopic (exact) mass is 183 g/mol. The van der Waals surface area contributed by atoms with Crippen LogP contribution in [0.1, 0.15) is 17.5 Å². The molecular weight excluding hydrogens is 169 g/mol. The lowest BCUT2D eigenvalue weighted by Crippen LogP contribution is -2.01. The third kappa shape index (κ3) is 2.42. The van der Waals surface area contributed by atoms with E-state index in [1.165, 1.54) is 12.1 Å². The van der Waals surface area contributed by atoms with E-state index in [1.54, 1.807) is 0 Å². The molecule has 0 amide bonds. The van der Waals surface area contributed by atoms with Gasteiger partial charge in [-0.15, -0.1) is 0 Å². The predicted molar refractivity (Wildman–Crippen MR) is 50.2 cm³/mol. The summed E-state index contributed by atoms with van der Waals surface area (Å²) in [6, 6.07) is 2.82. The summed E-state index contributed by atoms with van der Waals surface area (Å²) < 4.78 is 12.9. The molecule has 3 heteroatoms. The van der Waals surface area contributed by atoms with Crippen molar-refractivity contribution in [3.8, 4) is 5.75 Å². The third-order valence-corrected chi connectivity index (χ3v) is 2.06. The number of aryl methyl sites for hydroxylation is 2. The van der Waals surface area contributed by atoms with Gasteiger partial charge in [-0.25, -0.2) is 4.39 Å². The highest BCUT2D eigenvalue weighted by atomic mass is 19.1. The highest BCUT2D eigenvalue weighted by molar-refractivity contribution is 5.35. The number of rotatable bonds is 3. The number of phenolic OH excluding ortho intramolecular Hbond substituents is 1. The molecule has 0 saturated carbocycles. The van der Waals surface area contributed by atoms with E-state index in [0.717, 1.165) is 24.0 Å². The number of benzene rings is 1. The summed E-state index contributed by atoms with van der Waals surface area (Å²) in [4.78, 5) is 0. The smallest absolute Gasteiger partial charge is 0.165 e. The van der Waals surface area contributed by atoms with Gasteiger partial charge in [0.2, 0.25) is 0 Å². The Balaban J connectivity index is 2.88. The van der Waals surface area contributed by atoms with Gasteiger partial charge in [-0.2, -0.15) is 0 Å². The Kier molecular flexibility index (Phi) is 3.25. The minimum absolute atomic E-state index is 0.283. The Morgan fingerprint density at radius 1 is 1.46 bits per heavy atom. The van der Waals surface area contributed by atoms with Gasteiger partial charge in [0.25, 0.3) is 0 Å². The quantitative estimate of drug-likeness (QED) is 0.749.